The van der Waals surface area contributed by atoms with Gasteiger partial charge in [-0.05, 0) is 18.8 Å². The van der Waals surface area contributed by atoms with Crippen LogP contribution >= 0.6 is 0 Å². The topological polar surface area (TPSA) is 121 Å². The van der Waals surface area contributed by atoms with Crippen LogP contribution in [0.1, 0.15) is 25.7 Å². The molecule has 1 heterocycles. The van der Waals surface area contributed by atoms with Crippen LogP contribution in [0, 0.1) is 5.92 Å². The fourth-order valence-corrected chi connectivity index (χ4v) is 2.11. The molecule has 1 amide bonds. The second-order valence-corrected chi connectivity index (χ2v) is 4.58. The molecule has 0 aliphatic carbocycles. The molecule has 0 spiro atoms. The van der Waals surface area contributed by atoms with Gasteiger partial charge in [0.15, 0.2) is 0 Å². The molecule has 2 atom stereocenters. The molecule has 7 heteroatoms. The van der Waals surface area contributed by atoms with E-state index in [2.05, 4.69) is 0 Å². The first-order chi connectivity index (χ1) is 8.40. The predicted molar refractivity (Wildman–Crippen MR) is 61.8 cm³/mol. The van der Waals surface area contributed by atoms with Gasteiger partial charge in [0.25, 0.3) is 0 Å². The van der Waals surface area contributed by atoms with Crippen molar-refractivity contribution in [1.29, 1.82) is 0 Å². The van der Waals surface area contributed by atoms with Crippen molar-refractivity contribution in [2.45, 2.75) is 31.7 Å². The second-order valence-electron chi connectivity index (χ2n) is 4.58. The van der Waals surface area contributed by atoms with Crippen LogP contribution in [0.4, 0.5) is 0 Å². The summed E-state index contributed by atoms with van der Waals surface area (Å²) in [6.45, 7) is 0.996. The molecule has 1 rings (SSSR count). The van der Waals surface area contributed by atoms with Crippen LogP contribution in [0.15, 0.2) is 0 Å². The summed E-state index contributed by atoms with van der Waals surface area (Å²) in [7, 11) is 0. The van der Waals surface area contributed by atoms with Crippen LogP contribution in [0.5, 0.6) is 0 Å². The Bertz CT molecular complexity index is 344. The number of carboxylic acid groups (broad SMARTS) is 2. The summed E-state index contributed by atoms with van der Waals surface area (Å²) in [6.07, 6.45) is 0.995. The van der Waals surface area contributed by atoms with E-state index in [9.17, 15) is 14.4 Å². The van der Waals surface area contributed by atoms with E-state index in [-0.39, 0.29) is 24.7 Å². The number of carboxylic acids is 2. The molecule has 4 N–H and O–H groups in total. The van der Waals surface area contributed by atoms with Crippen molar-refractivity contribution in [3.05, 3.63) is 0 Å². The maximum absolute atomic E-state index is 11.8. The third-order valence-electron chi connectivity index (χ3n) is 3.08. The summed E-state index contributed by atoms with van der Waals surface area (Å²) in [4.78, 5) is 34.2. The average molecular weight is 258 g/mol. The van der Waals surface area contributed by atoms with Crippen molar-refractivity contribution < 1.29 is 24.6 Å². The van der Waals surface area contributed by atoms with E-state index in [1.54, 1.807) is 0 Å². The fourth-order valence-electron chi connectivity index (χ4n) is 2.11. The van der Waals surface area contributed by atoms with Gasteiger partial charge >= 0.3 is 11.9 Å². The predicted octanol–water partition coefficient (Wildman–Crippen LogP) is -0.498. The first kappa shape index (κ1) is 14.4. The molecule has 1 saturated heterocycles. The minimum atomic E-state index is -1.10. The van der Waals surface area contributed by atoms with Crippen molar-refractivity contribution in [3.8, 4) is 0 Å². The van der Waals surface area contributed by atoms with Crippen LogP contribution in [0.3, 0.4) is 0 Å². The Morgan fingerprint density at radius 3 is 2.50 bits per heavy atom. The number of aliphatic carboxylic acids is 2. The van der Waals surface area contributed by atoms with Gasteiger partial charge in [-0.3, -0.25) is 14.4 Å². The highest BCUT2D eigenvalue weighted by Crippen LogP contribution is 2.21. The Labute approximate surface area is 105 Å². The van der Waals surface area contributed by atoms with E-state index in [1.807, 2.05) is 0 Å². The Kier molecular flexibility index (Phi) is 5.08. The van der Waals surface area contributed by atoms with Crippen molar-refractivity contribution >= 4 is 17.8 Å². The molecular weight excluding hydrogens is 240 g/mol. The Morgan fingerprint density at radius 2 is 1.94 bits per heavy atom. The summed E-state index contributed by atoms with van der Waals surface area (Å²) >= 11 is 0. The molecule has 1 fully saturated rings. The number of hydrogen-bond acceptors (Lipinski definition) is 4. The molecule has 7 nitrogen and oxygen atoms in total. The van der Waals surface area contributed by atoms with Gasteiger partial charge in [0.1, 0.15) is 0 Å². The van der Waals surface area contributed by atoms with Gasteiger partial charge in [0, 0.05) is 19.5 Å². The van der Waals surface area contributed by atoms with Crippen molar-refractivity contribution in [2.24, 2.45) is 11.7 Å². The van der Waals surface area contributed by atoms with Crippen LogP contribution in [0.25, 0.3) is 0 Å². The van der Waals surface area contributed by atoms with Crippen LogP contribution in [-0.2, 0) is 14.4 Å². The number of amides is 1. The number of hydrogen-bond donors (Lipinski definition) is 3. The Morgan fingerprint density at radius 1 is 1.28 bits per heavy atom. The van der Waals surface area contributed by atoms with Crippen molar-refractivity contribution in [3.63, 3.8) is 0 Å². The first-order valence-electron chi connectivity index (χ1n) is 5.88. The number of carbonyl (C=O) groups is 3. The monoisotopic (exact) mass is 258 g/mol. The zero-order valence-corrected chi connectivity index (χ0v) is 10.0. The van der Waals surface area contributed by atoms with E-state index in [0.717, 1.165) is 6.42 Å². The maximum atomic E-state index is 11.8. The molecule has 2 unspecified atom stereocenters. The molecule has 0 aromatic heterocycles. The normalized spacial score (nSPS) is 20.7. The molecular formula is C11H18N2O5. The SMILES string of the molecule is NC(CC(=O)O)C(=O)N1CCC(CCC(=O)O)C1. The largest absolute Gasteiger partial charge is 0.481 e. The molecule has 0 bridgehead atoms. The summed E-state index contributed by atoms with van der Waals surface area (Å²) in [5.74, 6) is -2.14. The Balaban J connectivity index is 2.38. The lowest BCUT2D eigenvalue weighted by molar-refractivity contribution is -0.141. The zero-order chi connectivity index (χ0) is 13.7. The fraction of sp³-hybridized carbons (Fsp3) is 0.727. The molecule has 1 aliphatic heterocycles. The second kappa shape index (κ2) is 6.34. The standard InChI is InChI=1S/C11H18N2O5/c12-8(5-10(16)17)11(18)13-4-3-7(6-13)1-2-9(14)15/h7-8H,1-6,12H2,(H,14,15)(H,16,17). The number of nitrogens with two attached hydrogens (primary N) is 1. The van der Waals surface area contributed by atoms with Crippen molar-refractivity contribution in [1.82, 2.24) is 4.90 Å². The van der Waals surface area contributed by atoms with E-state index >= 15 is 0 Å². The van der Waals surface area contributed by atoms with Gasteiger partial charge in [0.2, 0.25) is 5.91 Å². The maximum Gasteiger partial charge on any atom is 0.305 e. The van der Waals surface area contributed by atoms with Gasteiger partial charge in [0.05, 0.1) is 12.5 Å². The van der Waals surface area contributed by atoms with E-state index < -0.39 is 18.0 Å². The lowest BCUT2D eigenvalue weighted by Crippen LogP contribution is -2.43. The summed E-state index contributed by atoms with van der Waals surface area (Å²) in [5, 5.41) is 17.1. The van der Waals surface area contributed by atoms with Gasteiger partial charge in [-0.2, -0.15) is 0 Å². The van der Waals surface area contributed by atoms with Gasteiger partial charge in [-0.15, -0.1) is 0 Å². The molecule has 0 saturated carbocycles. The van der Waals surface area contributed by atoms with E-state index in [1.165, 1.54) is 4.90 Å². The van der Waals surface area contributed by atoms with E-state index in [4.69, 9.17) is 15.9 Å². The highest BCUT2D eigenvalue weighted by molar-refractivity contribution is 5.86. The zero-order valence-electron chi connectivity index (χ0n) is 10.0. The minimum Gasteiger partial charge on any atom is -0.481 e. The lowest BCUT2D eigenvalue weighted by Gasteiger charge is -2.19. The van der Waals surface area contributed by atoms with Crippen molar-refractivity contribution in [2.75, 3.05) is 13.1 Å². The number of likely N-dealkylation sites (tertiary alicyclic amines) is 1. The summed E-state index contributed by atoms with van der Waals surface area (Å²) in [6, 6.07) is -1.01. The molecule has 102 valence electrons. The van der Waals surface area contributed by atoms with Crippen LogP contribution in [-0.4, -0.2) is 52.1 Å². The Hall–Kier alpha value is -1.63. The third-order valence-corrected chi connectivity index (χ3v) is 3.08. The molecule has 0 radical (unpaired) electrons. The smallest absolute Gasteiger partial charge is 0.305 e. The molecule has 0 aromatic carbocycles. The molecule has 1 aliphatic rings. The summed E-state index contributed by atoms with van der Waals surface area (Å²) in [5.41, 5.74) is 5.50. The third kappa shape index (κ3) is 4.33. The highest BCUT2D eigenvalue weighted by atomic mass is 16.4. The highest BCUT2D eigenvalue weighted by Gasteiger charge is 2.30. The van der Waals surface area contributed by atoms with Crippen LogP contribution in [0.2, 0.25) is 0 Å². The molecule has 18 heavy (non-hydrogen) atoms. The average Bonchev–Trinajstić information content (AvgIpc) is 2.72. The van der Waals surface area contributed by atoms with Crippen LogP contribution < -0.4 is 5.73 Å². The van der Waals surface area contributed by atoms with Gasteiger partial charge < -0.3 is 20.8 Å². The molecule has 0 aromatic rings. The number of rotatable bonds is 6. The van der Waals surface area contributed by atoms with Gasteiger partial charge in [-0.1, -0.05) is 0 Å². The number of nitrogens with zero attached hydrogens (tertiary/aromatic N) is 1. The summed E-state index contributed by atoms with van der Waals surface area (Å²) < 4.78 is 0. The number of carbonyl (C=O) groups excluding carboxylic acids is 1. The first-order valence-corrected chi connectivity index (χ1v) is 5.88. The lowest BCUT2D eigenvalue weighted by atomic mass is 10.0. The van der Waals surface area contributed by atoms with Gasteiger partial charge in [-0.25, -0.2) is 0 Å². The quantitative estimate of drug-likeness (QED) is 0.590. The minimum absolute atomic E-state index is 0.0911. The van der Waals surface area contributed by atoms with E-state index in [0.29, 0.717) is 19.5 Å².